The summed E-state index contributed by atoms with van der Waals surface area (Å²) in [5.41, 5.74) is 9.04. The highest BCUT2D eigenvalue weighted by molar-refractivity contribution is 6.06. The molecule has 1 saturated carbocycles. The molecule has 8 heteroatoms. The number of hydrogen-bond donors (Lipinski definition) is 2. The lowest BCUT2D eigenvalue weighted by Gasteiger charge is -2.20. The van der Waals surface area contributed by atoms with Crippen LogP contribution in [-0.2, 0) is 5.54 Å². The predicted octanol–water partition coefficient (Wildman–Crippen LogP) is 4.46. The molecule has 0 aromatic carbocycles. The van der Waals surface area contributed by atoms with Gasteiger partial charge in [0, 0.05) is 24.2 Å². The average molecular weight is 444 g/mol. The number of hydrogen-bond acceptors (Lipinski definition) is 4. The first kappa shape index (κ1) is 25.7. The molecule has 3 rings (SSSR count). The summed E-state index contributed by atoms with van der Waals surface area (Å²) >= 11 is 0. The van der Waals surface area contributed by atoms with E-state index in [2.05, 4.69) is 33.0 Å². The highest BCUT2D eigenvalue weighted by atomic mass is 35.5. The van der Waals surface area contributed by atoms with E-state index < -0.39 is 0 Å². The number of rotatable bonds is 7. The predicted molar refractivity (Wildman–Crippen MR) is 124 cm³/mol. The zero-order valence-electron chi connectivity index (χ0n) is 18.1. The molecule has 2 heterocycles. The van der Waals surface area contributed by atoms with Gasteiger partial charge >= 0.3 is 0 Å². The Morgan fingerprint density at radius 1 is 1.34 bits per heavy atom. The second-order valence-electron chi connectivity index (χ2n) is 8.78. The fourth-order valence-electron chi connectivity index (χ4n) is 3.51. The van der Waals surface area contributed by atoms with Crippen LogP contribution >= 0.6 is 24.8 Å². The van der Waals surface area contributed by atoms with Gasteiger partial charge < -0.3 is 11.1 Å². The SMILES string of the molecule is CCCCC(CN)NC(=O)c1cc(C2CC2)nc2c1c(C)nn2C(C)(C)C.Cl.Cl. The van der Waals surface area contributed by atoms with Crippen molar-refractivity contribution in [2.24, 2.45) is 5.73 Å². The molecule has 2 aromatic rings. The lowest BCUT2D eigenvalue weighted by atomic mass is 10.0. The van der Waals surface area contributed by atoms with Gasteiger partial charge in [0.2, 0.25) is 0 Å². The Kier molecular flexibility index (Phi) is 8.93. The molecular weight excluding hydrogens is 409 g/mol. The first-order chi connectivity index (χ1) is 12.8. The Morgan fingerprint density at radius 2 is 2.00 bits per heavy atom. The van der Waals surface area contributed by atoms with Crippen molar-refractivity contribution in [3.05, 3.63) is 23.0 Å². The molecule has 2 aromatic heterocycles. The normalized spacial score (nSPS) is 14.8. The molecule has 6 nitrogen and oxygen atoms in total. The summed E-state index contributed by atoms with van der Waals surface area (Å²) in [4.78, 5) is 18.1. The van der Waals surface area contributed by atoms with Gasteiger partial charge in [-0.1, -0.05) is 19.8 Å². The zero-order valence-corrected chi connectivity index (χ0v) is 19.8. The summed E-state index contributed by atoms with van der Waals surface area (Å²) in [6.07, 6.45) is 5.34. The number of nitrogens with zero attached hydrogens (tertiary/aromatic N) is 3. The Hall–Kier alpha value is -1.37. The third-order valence-corrected chi connectivity index (χ3v) is 5.23. The van der Waals surface area contributed by atoms with Crippen molar-refractivity contribution in [3.63, 3.8) is 0 Å². The minimum Gasteiger partial charge on any atom is -0.348 e. The van der Waals surface area contributed by atoms with Gasteiger partial charge in [-0.05, 0) is 53.0 Å². The molecular formula is C21H35Cl2N5O. The molecule has 0 radical (unpaired) electrons. The molecule has 0 bridgehead atoms. The summed E-state index contributed by atoms with van der Waals surface area (Å²) in [6.45, 7) is 10.9. The number of amides is 1. The molecule has 1 amide bonds. The molecule has 29 heavy (non-hydrogen) atoms. The number of unbranched alkanes of at least 4 members (excludes halogenated alkanes) is 1. The number of pyridine rings is 1. The van der Waals surface area contributed by atoms with E-state index in [1.54, 1.807) is 0 Å². The number of fused-ring (bicyclic) bond motifs is 1. The largest absolute Gasteiger partial charge is 0.348 e. The van der Waals surface area contributed by atoms with E-state index in [4.69, 9.17) is 15.8 Å². The van der Waals surface area contributed by atoms with Gasteiger partial charge in [-0.15, -0.1) is 24.8 Å². The third kappa shape index (κ3) is 5.62. The molecule has 1 aliphatic rings. The minimum absolute atomic E-state index is 0. The van der Waals surface area contributed by atoms with Crippen LogP contribution in [0.15, 0.2) is 6.07 Å². The molecule has 1 aliphatic carbocycles. The molecule has 0 aliphatic heterocycles. The molecule has 1 fully saturated rings. The Morgan fingerprint density at radius 3 is 2.52 bits per heavy atom. The van der Waals surface area contributed by atoms with E-state index in [1.807, 2.05) is 17.7 Å². The first-order valence-electron chi connectivity index (χ1n) is 10.2. The van der Waals surface area contributed by atoms with Crippen molar-refractivity contribution < 1.29 is 4.79 Å². The van der Waals surface area contributed by atoms with Crippen LogP contribution in [0.3, 0.4) is 0 Å². The van der Waals surface area contributed by atoms with Gasteiger partial charge in [0.15, 0.2) is 5.65 Å². The standard InChI is InChI=1S/C21H33N5O.2ClH/c1-6-7-8-15(12-22)23-20(27)16-11-17(14-9-10-14)24-19-18(16)13(2)25-26(19)21(3,4)5;;/h11,14-15H,6-10,12,22H2,1-5H3,(H,23,27);2*1H. The Bertz CT molecular complexity index is 840. The average Bonchev–Trinajstić information content (AvgIpc) is 3.40. The second kappa shape index (κ2) is 10.1. The summed E-state index contributed by atoms with van der Waals surface area (Å²) in [5.74, 6) is 0.405. The second-order valence-corrected chi connectivity index (χ2v) is 8.78. The minimum atomic E-state index is -0.198. The highest BCUT2D eigenvalue weighted by Crippen LogP contribution is 2.41. The van der Waals surface area contributed by atoms with E-state index in [0.717, 1.165) is 54.5 Å². The van der Waals surface area contributed by atoms with Crippen LogP contribution in [0.1, 0.15) is 87.5 Å². The van der Waals surface area contributed by atoms with Crippen LogP contribution in [0, 0.1) is 6.92 Å². The number of aromatic nitrogens is 3. The lowest BCUT2D eigenvalue weighted by molar-refractivity contribution is 0.0937. The maximum Gasteiger partial charge on any atom is 0.252 e. The smallest absolute Gasteiger partial charge is 0.252 e. The van der Waals surface area contributed by atoms with E-state index in [1.165, 1.54) is 0 Å². The number of aryl methyl sites for hydroxylation is 1. The van der Waals surface area contributed by atoms with Crippen molar-refractivity contribution in [1.29, 1.82) is 0 Å². The fourth-order valence-corrected chi connectivity index (χ4v) is 3.51. The fraction of sp³-hybridized carbons (Fsp3) is 0.667. The molecule has 0 spiro atoms. The summed E-state index contributed by atoms with van der Waals surface area (Å²) < 4.78 is 1.96. The number of carbonyl (C=O) groups excluding carboxylic acids is 1. The summed E-state index contributed by atoms with van der Waals surface area (Å²) in [5, 5.41) is 8.73. The number of nitrogens with two attached hydrogens (primary N) is 1. The quantitative estimate of drug-likeness (QED) is 0.660. The molecule has 164 valence electrons. The Labute approximate surface area is 186 Å². The van der Waals surface area contributed by atoms with Gasteiger partial charge in [0.05, 0.1) is 22.2 Å². The van der Waals surface area contributed by atoms with Crippen LogP contribution in [0.25, 0.3) is 11.0 Å². The maximum absolute atomic E-state index is 13.2. The van der Waals surface area contributed by atoms with E-state index in [-0.39, 0.29) is 42.3 Å². The van der Waals surface area contributed by atoms with E-state index in [0.29, 0.717) is 18.0 Å². The summed E-state index contributed by atoms with van der Waals surface area (Å²) in [7, 11) is 0. The van der Waals surface area contributed by atoms with Crippen molar-refractivity contribution in [2.45, 2.75) is 84.2 Å². The first-order valence-corrected chi connectivity index (χ1v) is 10.2. The van der Waals surface area contributed by atoms with Crippen molar-refractivity contribution in [3.8, 4) is 0 Å². The third-order valence-electron chi connectivity index (χ3n) is 5.23. The number of carbonyl (C=O) groups is 1. The number of nitrogens with one attached hydrogen (secondary N) is 1. The number of halogens is 2. The monoisotopic (exact) mass is 443 g/mol. The van der Waals surface area contributed by atoms with Gasteiger partial charge in [0.25, 0.3) is 5.91 Å². The molecule has 1 atom stereocenters. The van der Waals surface area contributed by atoms with Crippen molar-refractivity contribution >= 4 is 41.8 Å². The molecule has 3 N–H and O–H groups in total. The zero-order chi connectivity index (χ0) is 19.8. The van der Waals surface area contributed by atoms with Crippen LogP contribution in [0.5, 0.6) is 0 Å². The van der Waals surface area contributed by atoms with Crippen LogP contribution in [-0.4, -0.2) is 33.3 Å². The van der Waals surface area contributed by atoms with Gasteiger partial charge in [0.1, 0.15) is 0 Å². The van der Waals surface area contributed by atoms with Crippen LogP contribution in [0.2, 0.25) is 0 Å². The lowest BCUT2D eigenvalue weighted by Crippen LogP contribution is -2.40. The maximum atomic E-state index is 13.2. The van der Waals surface area contributed by atoms with Crippen molar-refractivity contribution in [2.75, 3.05) is 6.54 Å². The molecule has 0 saturated heterocycles. The topological polar surface area (TPSA) is 85.8 Å². The van der Waals surface area contributed by atoms with Gasteiger partial charge in [-0.2, -0.15) is 5.10 Å². The Balaban J connectivity index is 0.00000210. The van der Waals surface area contributed by atoms with E-state index in [9.17, 15) is 4.79 Å². The van der Waals surface area contributed by atoms with Crippen LogP contribution in [0.4, 0.5) is 0 Å². The highest BCUT2D eigenvalue weighted by Gasteiger charge is 2.30. The van der Waals surface area contributed by atoms with Gasteiger partial charge in [-0.25, -0.2) is 9.67 Å². The van der Waals surface area contributed by atoms with Crippen LogP contribution < -0.4 is 11.1 Å². The summed E-state index contributed by atoms with van der Waals surface area (Å²) in [6, 6.07) is 1.98. The molecule has 1 unspecified atom stereocenters. The van der Waals surface area contributed by atoms with Crippen molar-refractivity contribution in [1.82, 2.24) is 20.1 Å². The van der Waals surface area contributed by atoms with Gasteiger partial charge in [-0.3, -0.25) is 4.79 Å². The van der Waals surface area contributed by atoms with E-state index >= 15 is 0 Å².